The summed E-state index contributed by atoms with van der Waals surface area (Å²) in [4.78, 5) is 21.7. The van der Waals surface area contributed by atoms with Crippen LogP contribution < -0.4 is 14.8 Å². The number of fused-ring (bicyclic) bond motifs is 2. The van der Waals surface area contributed by atoms with E-state index in [-0.39, 0.29) is 12.6 Å². The van der Waals surface area contributed by atoms with E-state index in [0.717, 1.165) is 43.3 Å². The average Bonchev–Trinajstić information content (AvgIpc) is 3.64. The lowest BCUT2D eigenvalue weighted by atomic mass is 10.0. The average molecular weight is 614 g/mol. The van der Waals surface area contributed by atoms with Crippen molar-refractivity contribution in [2.24, 2.45) is 0 Å². The number of rotatable bonds is 8. The van der Waals surface area contributed by atoms with E-state index in [1.54, 1.807) is 30.9 Å². The molecular formula is C30H28FN9O3S. The molecule has 0 saturated carbocycles. The van der Waals surface area contributed by atoms with E-state index in [9.17, 15) is 12.8 Å². The summed E-state index contributed by atoms with van der Waals surface area (Å²) < 4.78 is 46.3. The second kappa shape index (κ2) is 11.4. The van der Waals surface area contributed by atoms with Gasteiger partial charge >= 0.3 is 0 Å². The molecule has 1 fully saturated rings. The summed E-state index contributed by atoms with van der Waals surface area (Å²) in [5.74, 6) is 0.658. The van der Waals surface area contributed by atoms with Gasteiger partial charge in [0, 0.05) is 30.1 Å². The summed E-state index contributed by atoms with van der Waals surface area (Å²) in [6.07, 6.45) is 9.80. The first-order chi connectivity index (χ1) is 21.3. The minimum absolute atomic E-state index is 0.0469. The number of hydrogen-bond acceptors (Lipinski definition) is 9. The molecule has 6 aromatic rings. The van der Waals surface area contributed by atoms with Gasteiger partial charge in [0.25, 0.3) is 0 Å². The molecule has 44 heavy (non-hydrogen) atoms. The highest BCUT2D eigenvalue weighted by atomic mass is 32.2. The normalized spacial score (nSPS) is 14.4. The van der Waals surface area contributed by atoms with E-state index >= 15 is 0 Å². The third-order valence-electron chi connectivity index (χ3n) is 7.43. The van der Waals surface area contributed by atoms with Gasteiger partial charge in [0.1, 0.15) is 23.2 Å². The van der Waals surface area contributed by atoms with Crippen LogP contribution in [0, 0.1) is 5.82 Å². The van der Waals surface area contributed by atoms with Crippen LogP contribution in [0.1, 0.15) is 18.4 Å². The van der Waals surface area contributed by atoms with Crippen molar-refractivity contribution >= 4 is 32.1 Å². The zero-order chi connectivity index (χ0) is 30.3. The van der Waals surface area contributed by atoms with Gasteiger partial charge in [0.05, 0.1) is 40.9 Å². The molecule has 5 aromatic heterocycles. The zero-order valence-electron chi connectivity index (χ0n) is 23.6. The largest absolute Gasteiger partial charge is 0.489 e. The van der Waals surface area contributed by atoms with Gasteiger partial charge in [-0.3, -0.25) is 15.1 Å². The highest BCUT2D eigenvalue weighted by Gasteiger charge is 2.19. The molecule has 6 heterocycles. The number of halogens is 1. The van der Waals surface area contributed by atoms with Gasteiger partial charge in [-0.05, 0) is 73.5 Å². The van der Waals surface area contributed by atoms with Gasteiger partial charge in [-0.1, -0.05) is 0 Å². The van der Waals surface area contributed by atoms with Crippen LogP contribution in [-0.2, 0) is 16.6 Å². The van der Waals surface area contributed by atoms with Gasteiger partial charge in [-0.25, -0.2) is 27.5 Å². The van der Waals surface area contributed by atoms with E-state index in [2.05, 4.69) is 35.2 Å². The molecule has 1 saturated heterocycles. The van der Waals surface area contributed by atoms with E-state index in [0.29, 0.717) is 56.2 Å². The van der Waals surface area contributed by atoms with Crippen molar-refractivity contribution in [3.63, 3.8) is 0 Å². The number of benzene rings is 1. The monoisotopic (exact) mass is 613 g/mol. The fraction of sp³-hybridized carbons (Fsp3) is 0.233. The Morgan fingerprint density at radius 1 is 0.955 bits per heavy atom. The highest BCUT2D eigenvalue weighted by Crippen LogP contribution is 2.32. The quantitative estimate of drug-likeness (QED) is 0.199. The first-order valence-corrected chi connectivity index (χ1v) is 15.9. The van der Waals surface area contributed by atoms with E-state index in [4.69, 9.17) is 14.7 Å². The van der Waals surface area contributed by atoms with Crippen LogP contribution in [0.4, 0.5) is 4.39 Å². The molecule has 1 aromatic carbocycles. The van der Waals surface area contributed by atoms with Crippen LogP contribution in [0.15, 0.2) is 61.2 Å². The molecule has 4 N–H and O–H groups in total. The van der Waals surface area contributed by atoms with Crippen molar-refractivity contribution in [2.75, 3.05) is 19.3 Å². The van der Waals surface area contributed by atoms with Gasteiger partial charge in [-0.15, -0.1) is 0 Å². The predicted octanol–water partition coefficient (Wildman–Crippen LogP) is 3.94. The third-order valence-corrected chi connectivity index (χ3v) is 8.10. The van der Waals surface area contributed by atoms with E-state index in [1.807, 2.05) is 18.2 Å². The Bertz CT molecular complexity index is 2110. The Morgan fingerprint density at radius 2 is 1.80 bits per heavy atom. The smallest absolute Gasteiger partial charge is 0.209 e. The molecule has 0 aliphatic carbocycles. The fourth-order valence-corrected chi connectivity index (χ4v) is 5.76. The Morgan fingerprint density at radius 3 is 2.64 bits per heavy atom. The number of imidazole rings is 1. The van der Waals surface area contributed by atoms with Crippen molar-refractivity contribution in [3.05, 3.63) is 72.6 Å². The maximum absolute atomic E-state index is 14.6. The lowest BCUT2D eigenvalue weighted by molar-refractivity contribution is 0.162. The summed E-state index contributed by atoms with van der Waals surface area (Å²) in [6, 6.07) is 10.1. The van der Waals surface area contributed by atoms with Gasteiger partial charge in [-0.2, -0.15) is 5.10 Å². The Balaban J connectivity index is 1.23. The van der Waals surface area contributed by atoms with Gasteiger partial charge in [0.2, 0.25) is 10.0 Å². The SMILES string of the molecule is CS(=O)(=O)NCc1cc(F)cc(-c2cncc3[nH]c(-c4n[nH]c5ccc(-c6cncc(OC7CCNCC7)c6)nc45)nc23)c1. The molecule has 1 aliphatic rings. The maximum Gasteiger partial charge on any atom is 0.209 e. The van der Waals surface area contributed by atoms with Crippen molar-refractivity contribution in [1.29, 1.82) is 0 Å². The minimum atomic E-state index is -3.45. The van der Waals surface area contributed by atoms with Crippen LogP contribution in [0.5, 0.6) is 5.75 Å². The topological polar surface area (TPSA) is 163 Å². The predicted molar refractivity (Wildman–Crippen MR) is 164 cm³/mol. The molecule has 0 spiro atoms. The first-order valence-electron chi connectivity index (χ1n) is 14.1. The number of sulfonamides is 1. The molecule has 0 unspecified atom stereocenters. The molecule has 0 amide bonds. The molecule has 1 aliphatic heterocycles. The van der Waals surface area contributed by atoms with Crippen LogP contribution in [0.3, 0.4) is 0 Å². The second-order valence-corrected chi connectivity index (χ2v) is 12.6. The zero-order valence-corrected chi connectivity index (χ0v) is 24.4. The molecule has 12 nitrogen and oxygen atoms in total. The number of aromatic nitrogens is 7. The highest BCUT2D eigenvalue weighted by molar-refractivity contribution is 7.88. The lowest BCUT2D eigenvalue weighted by Gasteiger charge is -2.23. The molecule has 224 valence electrons. The summed E-state index contributed by atoms with van der Waals surface area (Å²) in [5.41, 5.74) is 6.10. The van der Waals surface area contributed by atoms with Gasteiger partial charge < -0.3 is 15.0 Å². The number of H-pyrrole nitrogens is 2. The van der Waals surface area contributed by atoms with Crippen molar-refractivity contribution in [3.8, 4) is 39.7 Å². The molecule has 0 bridgehead atoms. The lowest BCUT2D eigenvalue weighted by Crippen LogP contribution is -2.34. The number of aromatic amines is 2. The molecule has 0 atom stereocenters. The second-order valence-electron chi connectivity index (χ2n) is 10.8. The number of nitrogens with one attached hydrogen (secondary N) is 4. The van der Waals surface area contributed by atoms with Crippen LogP contribution in [0.2, 0.25) is 0 Å². The standard InChI is InChI=1S/C30H28FN9O3S/c1-44(41,42)35-12-17-8-18(10-20(31)9-17)23-15-34-16-26-27(23)38-30(37-26)29-28-25(39-40-29)3-2-24(36-28)19-11-22(14-33-13-19)43-21-4-6-32-7-5-21/h2-3,8-11,13-16,21,32,35H,4-7,12H2,1H3,(H,37,38)(H,39,40). The third kappa shape index (κ3) is 5.86. The van der Waals surface area contributed by atoms with Gasteiger partial charge in [0.15, 0.2) is 11.5 Å². The van der Waals surface area contributed by atoms with Crippen LogP contribution >= 0.6 is 0 Å². The number of hydrogen-bond donors (Lipinski definition) is 4. The number of piperidine rings is 1. The number of pyridine rings is 3. The first kappa shape index (κ1) is 28.0. The molecule has 14 heteroatoms. The number of nitrogens with zero attached hydrogens (tertiary/aromatic N) is 5. The molecule has 7 rings (SSSR count). The fourth-order valence-electron chi connectivity index (χ4n) is 5.33. The van der Waals surface area contributed by atoms with Crippen LogP contribution in [0.25, 0.3) is 56.0 Å². The minimum Gasteiger partial charge on any atom is -0.489 e. The van der Waals surface area contributed by atoms with Crippen LogP contribution in [-0.4, -0.2) is 69.0 Å². The van der Waals surface area contributed by atoms with Crippen molar-refractivity contribution in [2.45, 2.75) is 25.5 Å². The summed E-state index contributed by atoms with van der Waals surface area (Å²) in [7, 11) is -3.45. The van der Waals surface area contributed by atoms with E-state index in [1.165, 1.54) is 12.1 Å². The Kier molecular flexibility index (Phi) is 7.24. The Hall–Kier alpha value is -4.79. The molecular weight excluding hydrogens is 585 g/mol. The summed E-state index contributed by atoms with van der Waals surface area (Å²) in [6.45, 7) is 1.82. The maximum atomic E-state index is 14.6. The van der Waals surface area contributed by atoms with Crippen molar-refractivity contribution < 1.29 is 17.5 Å². The number of ether oxygens (including phenoxy) is 1. The molecule has 0 radical (unpaired) electrons. The van der Waals surface area contributed by atoms with E-state index < -0.39 is 15.8 Å². The summed E-state index contributed by atoms with van der Waals surface area (Å²) >= 11 is 0. The Labute approximate surface area is 251 Å². The van der Waals surface area contributed by atoms with Crippen molar-refractivity contribution in [1.82, 2.24) is 45.2 Å². The summed E-state index contributed by atoms with van der Waals surface area (Å²) in [5, 5.41) is 10.9.